The maximum Gasteiger partial charge on any atom is 0.347 e. The SMILES string of the molecule is O=C(Cn1c(=O)n(C2CCN(C3Cc4cccc5cccc3c45)CC2)c2ccccc21)N[C@@H](C(=O)O)n1c(=O)n(C2CCN([C@@H]3Cc4cccc5cccc3c45)CC2)c2ccccc21. The molecule has 64 heavy (non-hydrogen) atoms. The summed E-state index contributed by atoms with van der Waals surface area (Å²) in [5.74, 6) is -2.04. The van der Waals surface area contributed by atoms with Crippen molar-refractivity contribution in [2.75, 3.05) is 26.2 Å². The predicted octanol–water partition coefficient (Wildman–Crippen LogP) is 7.49. The molecule has 1 unspecified atom stereocenters. The predicted molar refractivity (Wildman–Crippen MR) is 248 cm³/mol. The number of para-hydroxylation sites is 4. The number of nitrogens with one attached hydrogen (secondary N) is 1. The molecule has 12 nitrogen and oxygen atoms in total. The van der Waals surface area contributed by atoms with Crippen LogP contribution in [0.5, 0.6) is 0 Å². The maximum atomic E-state index is 14.5. The Bertz CT molecular complexity index is 3300. The van der Waals surface area contributed by atoms with Gasteiger partial charge >= 0.3 is 17.3 Å². The van der Waals surface area contributed by atoms with Gasteiger partial charge in [0.15, 0.2) is 0 Å². The molecule has 3 atom stereocenters. The van der Waals surface area contributed by atoms with Crippen LogP contribution in [0.1, 0.15) is 78.3 Å². The maximum absolute atomic E-state index is 14.5. The number of carbonyl (C=O) groups is 2. The fraction of sp³-hybridized carbons (Fsp3) is 0.308. The summed E-state index contributed by atoms with van der Waals surface area (Å²) in [6.07, 6.45) is 3.25. The zero-order valence-electron chi connectivity index (χ0n) is 35.5. The Hall–Kier alpha value is -6.76. The van der Waals surface area contributed by atoms with Gasteiger partial charge in [-0.3, -0.25) is 32.9 Å². The van der Waals surface area contributed by atoms with Gasteiger partial charge in [0, 0.05) is 50.3 Å². The summed E-state index contributed by atoms with van der Waals surface area (Å²) >= 11 is 0. The lowest BCUT2D eigenvalue weighted by Gasteiger charge is -2.37. The summed E-state index contributed by atoms with van der Waals surface area (Å²) in [6.45, 7) is 2.85. The van der Waals surface area contributed by atoms with Crippen LogP contribution in [0.4, 0.5) is 0 Å². The number of piperidine rings is 2. The van der Waals surface area contributed by atoms with E-state index in [4.69, 9.17) is 0 Å². The van der Waals surface area contributed by atoms with Gasteiger partial charge in [-0.2, -0.15) is 0 Å². The minimum atomic E-state index is -1.69. The van der Waals surface area contributed by atoms with Gasteiger partial charge in [0.1, 0.15) is 6.54 Å². The lowest BCUT2D eigenvalue weighted by atomic mass is 9.99. The lowest BCUT2D eigenvalue weighted by molar-refractivity contribution is -0.144. The zero-order valence-corrected chi connectivity index (χ0v) is 35.5. The first-order chi connectivity index (χ1) is 31.3. The summed E-state index contributed by atoms with van der Waals surface area (Å²) in [5, 5.41) is 18.6. The largest absolute Gasteiger partial charge is 0.478 e. The van der Waals surface area contributed by atoms with Crippen LogP contribution in [0, 0.1) is 0 Å². The highest BCUT2D eigenvalue weighted by Gasteiger charge is 2.37. The highest BCUT2D eigenvalue weighted by Crippen LogP contribution is 2.43. The monoisotopic (exact) mass is 851 g/mol. The van der Waals surface area contributed by atoms with Crippen molar-refractivity contribution in [1.29, 1.82) is 0 Å². The molecule has 4 aliphatic rings. The van der Waals surface area contributed by atoms with Crippen molar-refractivity contribution in [3.63, 3.8) is 0 Å². The van der Waals surface area contributed by atoms with Crippen molar-refractivity contribution in [3.8, 4) is 0 Å². The van der Waals surface area contributed by atoms with Crippen molar-refractivity contribution >= 4 is 55.5 Å². The van der Waals surface area contributed by atoms with Crippen LogP contribution in [-0.4, -0.2) is 71.2 Å². The number of carboxylic acid groups (broad SMARTS) is 1. The van der Waals surface area contributed by atoms with E-state index in [0.29, 0.717) is 22.6 Å². The van der Waals surface area contributed by atoms with E-state index in [1.807, 2.05) is 41.0 Å². The Morgan fingerprint density at radius 1 is 0.562 bits per heavy atom. The molecule has 2 saturated heterocycles. The number of rotatable bonds is 9. The van der Waals surface area contributed by atoms with Gasteiger partial charge in [0.05, 0.1) is 22.1 Å². The second kappa shape index (κ2) is 15.2. The molecule has 0 spiro atoms. The van der Waals surface area contributed by atoms with E-state index in [-0.39, 0.29) is 23.8 Å². The number of carboxylic acids is 1. The molecule has 0 radical (unpaired) electrons. The Morgan fingerprint density at radius 3 is 1.53 bits per heavy atom. The van der Waals surface area contributed by atoms with E-state index in [1.165, 1.54) is 52.9 Å². The summed E-state index contributed by atoms with van der Waals surface area (Å²) in [6, 6.07) is 41.3. The quantitative estimate of drug-likeness (QED) is 0.154. The van der Waals surface area contributed by atoms with Gasteiger partial charge in [0.25, 0.3) is 0 Å². The highest BCUT2D eigenvalue weighted by atomic mass is 16.4. The number of aromatic nitrogens is 4. The van der Waals surface area contributed by atoms with Crippen molar-refractivity contribution < 1.29 is 14.7 Å². The van der Waals surface area contributed by atoms with E-state index < -0.39 is 30.3 Å². The molecule has 0 saturated carbocycles. The molecule has 1 amide bonds. The molecule has 2 N–H and O–H groups in total. The van der Waals surface area contributed by atoms with Gasteiger partial charge in [-0.25, -0.2) is 14.4 Å². The average Bonchev–Trinajstić information content (AvgIpc) is 4.05. The van der Waals surface area contributed by atoms with E-state index in [9.17, 15) is 24.3 Å². The van der Waals surface area contributed by atoms with E-state index in [0.717, 1.165) is 70.2 Å². The fourth-order valence-corrected chi connectivity index (χ4v) is 12.1. The number of fused-ring (bicyclic) bond motifs is 2. The third-order valence-electron chi connectivity index (χ3n) is 15.0. The van der Waals surface area contributed by atoms with Crippen LogP contribution in [0.15, 0.2) is 131 Å². The molecular formula is C52H49N7O5. The first-order valence-electron chi connectivity index (χ1n) is 22.7. The van der Waals surface area contributed by atoms with E-state index >= 15 is 0 Å². The second-order valence-corrected chi connectivity index (χ2v) is 18.2. The van der Waals surface area contributed by atoms with Crippen molar-refractivity contribution in [3.05, 3.63) is 165 Å². The Kier molecular flexibility index (Phi) is 9.24. The molecule has 6 aromatic carbocycles. The summed E-state index contributed by atoms with van der Waals surface area (Å²) in [4.78, 5) is 61.1. The molecule has 12 heteroatoms. The minimum Gasteiger partial charge on any atom is -0.478 e. The summed E-state index contributed by atoms with van der Waals surface area (Å²) in [5.41, 5.74) is 7.11. The van der Waals surface area contributed by atoms with Crippen molar-refractivity contribution in [2.45, 2.75) is 75.4 Å². The number of benzene rings is 6. The second-order valence-electron chi connectivity index (χ2n) is 18.2. The van der Waals surface area contributed by atoms with Crippen LogP contribution in [-0.2, 0) is 29.0 Å². The first kappa shape index (κ1) is 38.9. The number of aliphatic carboxylic acids is 1. The normalized spacial score (nSPS) is 19.9. The lowest BCUT2D eigenvalue weighted by Crippen LogP contribution is -2.45. The van der Waals surface area contributed by atoms with Crippen LogP contribution in [0.3, 0.4) is 0 Å². The molecule has 0 bridgehead atoms. The number of hydrogen-bond donors (Lipinski definition) is 2. The van der Waals surface area contributed by atoms with Gasteiger partial charge < -0.3 is 10.4 Å². The van der Waals surface area contributed by atoms with E-state index in [1.54, 1.807) is 16.7 Å². The number of amides is 1. The van der Waals surface area contributed by atoms with Gasteiger partial charge in [0.2, 0.25) is 12.1 Å². The number of nitrogens with zero attached hydrogens (tertiary/aromatic N) is 6. The Morgan fingerprint density at radius 2 is 1.02 bits per heavy atom. The minimum absolute atomic E-state index is 0.0651. The van der Waals surface area contributed by atoms with Crippen LogP contribution >= 0.6 is 0 Å². The molecule has 2 aliphatic carbocycles. The molecule has 2 fully saturated rings. The van der Waals surface area contributed by atoms with Gasteiger partial charge in [-0.1, -0.05) is 97.1 Å². The molecule has 8 aromatic rings. The number of hydrogen-bond acceptors (Lipinski definition) is 6. The molecule has 2 aromatic heterocycles. The molecule has 322 valence electrons. The average molecular weight is 852 g/mol. The number of imidazole rings is 2. The fourth-order valence-electron chi connectivity index (χ4n) is 12.1. The third kappa shape index (κ3) is 6.10. The Labute approximate surface area is 368 Å². The number of likely N-dealkylation sites (tertiary alicyclic amines) is 2. The number of carbonyl (C=O) groups excluding carboxylic acids is 1. The van der Waals surface area contributed by atoms with Gasteiger partial charge in [-0.05, 0) is 107 Å². The topological polar surface area (TPSA) is 127 Å². The highest BCUT2D eigenvalue weighted by molar-refractivity contribution is 5.92. The van der Waals surface area contributed by atoms with Crippen LogP contribution < -0.4 is 16.7 Å². The third-order valence-corrected chi connectivity index (χ3v) is 15.0. The van der Waals surface area contributed by atoms with Crippen LogP contribution in [0.25, 0.3) is 43.6 Å². The van der Waals surface area contributed by atoms with Gasteiger partial charge in [-0.15, -0.1) is 0 Å². The molecular weight excluding hydrogens is 803 g/mol. The molecule has 2 aliphatic heterocycles. The van der Waals surface area contributed by atoms with Crippen LogP contribution in [0.2, 0.25) is 0 Å². The van der Waals surface area contributed by atoms with Crippen molar-refractivity contribution in [1.82, 2.24) is 33.4 Å². The van der Waals surface area contributed by atoms with Crippen molar-refractivity contribution in [2.24, 2.45) is 0 Å². The summed E-state index contributed by atoms with van der Waals surface area (Å²) < 4.78 is 6.19. The summed E-state index contributed by atoms with van der Waals surface area (Å²) in [7, 11) is 0. The van der Waals surface area contributed by atoms with E-state index in [2.05, 4.69) is 87.9 Å². The Balaban J connectivity index is 0.774. The molecule has 4 heterocycles. The smallest absolute Gasteiger partial charge is 0.347 e. The molecule has 12 rings (SSSR count). The standard InChI is InChI=1S/C52H49N7O5/c60-46(31-56-40-17-1-2-18-41(40)57(51(56)63)36-21-25-54(26-22-36)44-29-34-13-5-9-32-11-7-15-38(44)47(32)34)53-49(50(61)62)59-43-20-4-3-19-42(43)58(52(59)64)37-23-27-55(28-24-37)45-30-35-14-6-10-33-12-8-16-39(45)48(33)35/h1-20,36-37,44-45,49H,21-31H2,(H,53,60)(H,61,62)/t44?,45-,49-/m1/s1. The zero-order chi connectivity index (χ0) is 43.2. The first-order valence-corrected chi connectivity index (χ1v) is 22.7.